The number of amides is 1. The van der Waals surface area contributed by atoms with Crippen LogP contribution in [0.15, 0.2) is 72.8 Å². The molecule has 1 unspecified atom stereocenters. The van der Waals surface area contributed by atoms with Crippen LogP contribution in [0, 0.1) is 5.82 Å². The van der Waals surface area contributed by atoms with Crippen LogP contribution in [0.1, 0.15) is 85.0 Å². The highest BCUT2D eigenvalue weighted by molar-refractivity contribution is 6.31. The van der Waals surface area contributed by atoms with Gasteiger partial charge in [0.1, 0.15) is 22.9 Å². The Hall–Kier alpha value is -4.64. The predicted octanol–water partition coefficient (Wildman–Crippen LogP) is 10.2. The first-order valence-corrected chi connectivity index (χ1v) is 17.5. The average Bonchev–Trinajstić information content (AvgIpc) is 3.08. The third-order valence-electron chi connectivity index (χ3n) is 8.62. The zero-order valence-corrected chi connectivity index (χ0v) is 30.2. The molecule has 4 aromatic rings. The van der Waals surface area contributed by atoms with Crippen LogP contribution in [0.3, 0.4) is 0 Å². The van der Waals surface area contributed by atoms with Crippen LogP contribution >= 0.6 is 11.6 Å². The van der Waals surface area contributed by atoms with Gasteiger partial charge in [-0.25, -0.2) is 19.0 Å². The summed E-state index contributed by atoms with van der Waals surface area (Å²) in [6.07, 6.45) is -2.24. The number of aryl methyl sites for hydroxylation is 1. The first kappa shape index (κ1) is 38.6. The molecule has 0 saturated heterocycles. The minimum absolute atomic E-state index is 0.190. The molecule has 1 aliphatic carbocycles. The molecule has 0 bridgehead atoms. The van der Waals surface area contributed by atoms with Gasteiger partial charge in [-0.15, -0.1) is 0 Å². The average molecular weight is 741 g/mol. The SMILES string of the molecule is CCOC(=O)c1ccc2c(n1)CCCC2N(CCc1cc(F)ccc1OCCc1ccc(-c2ccc(C(F)(F)F)cc2)cc1Cl)C(=O)OC(C)(C)C. The number of fused-ring (bicyclic) bond motifs is 1. The second kappa shape index (κ2) is 16.4. The molecule has 1 amide bonds. The first-order valence-electron chi connectivity index (χ1n) is 17.2. The zero-order valence-electron chi connectivity index (χ0n) is 29.5. The van der Waals surface area contributed by atoms with Crippen molar-refractivity contribution in [3.05, 3.63) is 117 Å². The number of pyridine rings is 1. The van der Waals surface area contributed by atoms with Crippen LogP contribution in [-0.2, 0) is 34.9 Å². The zero-order chi connectivity index (χ0) is 37.6. The first-order chi connectivity index (χ1) is 24.6. The number of benzene rings is 3. The summed E-state index contributed by atoms with van der Waals surface area (Å²) in [4.78, 5) is 32.2. The van der Waals surface area contributed by atoms with Crippen molar-refractivity contribution in [1.82, 2.24) is 9.88 Å². The third-order valence-corrected chi connectivity index (χ3v) is 8.97. The number of hydrogen-bond donors (Lipinski definition) is 0. The molecule has 1 atom stereocenters. The van der Waals surface area contributed by atoms with E-state index in [0.717, 1.165) is 35.4 Å². The Morgan fingerprint density at radius 2 is 1.65 bits per heavy atom. The Morgan fingerprint density at radius 3 is 2.33 bits per heavy atom. The van der Waals surface area contributed by atoms with Crippen molar-refractivity contribution in [3.8, 4) is 16.9 Å². The van der Waals surface area contributed by atoms with E-state index in [2.05, 4.69) is 4.98 Å². The van der Waals surface area contributed by atoms with Crippen LogP contribution in [0.4, 0.5) is 22.4 Å². The van der Waals surface area contributed by atoms with Gasteiger partial charge in [0.2, 0.25) is 0 Å². The number of rotatable bonds is 11. The van der Waals surface area contributed by atoms with E-state index >= 15 is 0 Å². The molecule has 52 heavy (non-hydrogen) atoms. The van der Waals surface area contributed by atoms with Crippen molar-refractivity contribution in [2.45, 2.75) is 77.6 Å². The number of alkyl halides is 3. The Labute approximate surface area is 305 Å². The molecular formula is C40H41ClF4N2O5. The van der Waals surface area contributed by atoms with E-state index in [4.69, 9.17) is 25.8 Å². The molecule has 276 valence electrons. The minimum Gasteiger partial charge on any atom is -0.493 e. The molecule has 1 heterocycles. The molecule has 1 aliphatic rings. The molecule has 0 N–H and O–H groups in total. The Balaban J connectivity index is 1.30. The molecule has 0 aliphatic heterocycles. The van der Waals surface area contributed by atoms with Crippen LogP contribution in [0.25, 0.3) is 11.1 Å². The number of nitrogens with zero attached hydrogens (tertiary/aromatic N) is 2. The smallest absolute Gasteiger partial charge is 0.416 e. The van der Waals surface area contributed by atoms with Crippen molar-refractivity contribution >= 4 is 23.7 Å². The standard InChI is InChI=1S/C40H41ClF4N2O5/c1-5-50-37(48)34-17-16-31-33(46-34)7-6-8-35(31)47(38(49)52-39(2,3)4)21-19-28-23-30(42)15-18-36(28)51-22-20-26-9-10-27(24-32(26)41)25-11-13-29(14-12-25)40(43,44)45/h9-18,23-24,35H,5-8,19-22H2,1-4H3. The number of esters is 1. The molecule has 0 radical (unpaired) electrons. The molecule has 0 fully saturated rings. The summed E-state index contributed by atoms with van der Waals surface area (Å²) in [5.41, 5.74) is 2.87. The van der Waals surface area contributed by atoms with E-state index in [1.54, 1.807) is 62.9 Å². The summed E-state index contributed by atoms with van der Waals surface area (Å²) >= 11 is 6.56. The highest BCUT2D eigenvalue weighted by Crippen LogP contribution is 2.36. The lowest BCUT2D eigenvalue weighted by atomic mass is 9.89. The fourth-order valence-corrected chi connectivity index (χ4v) is 6.42. The molecule has 0 spiro atoms. The number of carbonyl (C=O) groups is 2. The van der Waals surface area contributed by atoms with Crippen molar-refractivity contribution in [2.24, 2.45) is 0 Å². The van der Waals surface area contributed by atoms with E-state index in [1.165, 1.54) is 24.3 Å². The van der Waals surface area contributed by atoms with Gasteiger partial charge in [0.15, 0.2) is 0 Å². The van der Waals surface area contributed by atoms with Crippen molar-refractivity contribution < 1.29 is 41.4 Å². The van der Waals surface area contributed by atoms with E-state index in [9.17, 15) is 27.2 Å². The van der Waals surface area contributed by atoms with E-state index in [-0.39, 0.29) is 37.9 Å². The van der Waals surface area contributed by atoms with Crippen molar-refractivity contribution in [2.75, 3.05) is 19.8 Å². The maximum atomic E-state index is 14.6. The lowest BCUT2D eigenvalue weighted by Crippen LogP contribution is -2.41. The van der Waals surface area contributed by atoms with Crippen molar-refractivity contribution in [3.63, 3.8) is 0 Å². The van der Waals surface area contributed by atoms with Gasteiger partial charge in [0.05, 0.1) is 24.8 Å². The van der Waals surface area contributed by atoms with Gasteiger partial charge in [-0.1, -0.05) is 41.9 Å². The molecular weight excluding hydrogens is 700 g/mol. The topological polar surface area (TPSA) is 78.0 Å². The minimum atomic E-state index is -4.42. The van der Waals surface area contributed by atoms with Crippen molar-refractivity contribution in [1.29, 1.82) is 0 Å². The summed E-state index contributed by atoms with van der Waals surface area (Å²) in [7, 11) is 0. The van der Waals surface area contributed by atoms with Crippen LogP contribution < -0.4 is 4.74 Å². The maximum Gasteiger partial charge on any atom is 0.416 e. The second-order valence-electron chi connectivity index (χ2n) is 13.5. The molecule has 1 aromatic heterocycles. The van der Waals surface area contributed by atoms with E-state index in [0.29, 0.717) is 46.7 Å². The monoisotopic (exact) mass is 740 g/mol. The van der Waals surface area contributed by atoms with Gasteiger partial charge in [-0.2, -0.15) is 13.2 Å². The normalized spacial score (nSPS) is 14.4. The third kappa shape index (κ3) is 9.82. The fourth-order valence-electron chi connectivity index (χ4n) is 6.15. The number of ether oxygens (including phenoxy) is 3. The number of halogens is 5. The molecule has 5 rings (SSSR count). The van der Waals surface area contributed by atoms with Crippen LogP contribution in [0.2, 0.25) is 5.02 Å². The van der Waals surface area contributed by atoms with Gasteiger partial charge < -0.3 is 19.1 Å². The van der Waals surface area contributed by atoms with Gasteiger partial charge in [-0.3, -0.25) is 0 Å². The molecule has 0 saturated carbocycles. The largest absolute Gasteiger partial charge is 0.493 e. The summed E-state index contributed by atoms with van der Waals surface area (Å²) in [5, 5.41) is 0.435. The van der Waals surface area contributed by atoms with Gasteiger partial charge in [0.25, 0.3) is 0 Å². The maximum absolute atomic E-state index is 14.6. The van der Waals surface area contributed by atoms with Crippen LogP contribution in [0.5, 0.6) is 5.75 Å². The highest BCUT2D eigenvalue weighted by atomic mass is 35.5. The molecule has 7 nitrogen and oxygen atoms in total. The lowest BCUT2D eigenvalue weighted by molar-refractivity contribution is -0.137. The van der Waals surface area contributed by atoms with Crippen LogP contribution in [-0.4, -0.2) is 47.3 Å². The molecule has 3 aromatic carbocycles. The Morgan fingerprint density at radius 1 is 0.923 bits per heavy atom. The van der Waals surface area contributed by atoms with Gasteiger partial charge in [0, 0.05) is 23.7 Å². The number of aromatic nitrogens is 1. The van der Waals surface area contributed by atoms with Gasteiger partial charge in [-0.05, 0) is 124 Å². The quantitative estimate of drug-likeness (QED) is 0.113. The molecule has 12 heteroatoms. The number of hydrogen-bond acceptors (Lipinski definition) is 6. The summed E-state index contributed by atoms with van der Waals surface area (Å²) in [5.74, 6) is -0.507. The summed E-state index contributed by atoms with van der Waals surface area (Å²) in [6, 6.07) is 17.4. The van der Waals surface area contributed by atoms with E-state index < -0.39 is 35.2 Å². The fraction of sp³-hybridized carbons (Fsp3) is 0.375. The summed E-state index contributed by atoms with van der Waals surface area (Å²) < 4.78 is 70.6. The Kier molecular flexibility index (Phi) is 12.1. The summed E-state index contributed by atoms with van der Waals surface area (Å²) in [6.45, 7) is 7.72. The second-order valence-corrected chi connectivity index (χ2v) is 13.9. The lowest BCUT2D eigenvalue weighted by Gasteiger charge is -2.36. The Bertz CT molecular complexity index is 1890. The highest BCUT2D eigenvalue weighted by Gasteiger charge is 2.34. The van der Waals surface area contributed by atoms with E-state index in [1.807, 2.05) is 6.07 Å². The van der Waals surface area contributed by atoms with Gasteiger partial charge >= 0.3 is 18.2 Å². The number of carbonyl (C=O) groups excluding carboxylic acids is 2. The predicted molar refractivity (Wildman–Crippen MR) is 190 cm³/mol.